The summed E-state index contributed by atoms with van der Waals surface area (Å²) in [4.78, 5) is 21.0. The number of carbonyl (C=O) groups is 2. The van der Waals surface area contributed by atoms with Crippen molar-refractivity contribution in [3.63, 3.8) is 0 Å². The Morgan fingerprint density at radius 3 is 2.25 bits per heavy atom. The van der Waals surface area contributed by atoms with Crippen LogP contribution in [0.5, 0.6) is 5.75 Å². The molecule has 0 aromatic heterocycles. The van der Waals surface area contributed by atoms with Gasteiger partial charge in [0.2, 0.25) is 0 Å². The number of halogens is 4. The second-order valence-corrected chi connectivity index (χ2v) is 3.10. The van der Waals surface area contributed by atoms with E-state index in [1.807, 2.05) is 0 Å². The fourth-order valence-corrected chi connectivity index (χ4v) is 1.29. The Labute approximate surface area is 92.8 Å². The van der Waals surface area contributed by atoms with Crippen LogP contribution in [0.3, 0.4) is 0 Å². The Morgan fingerprint density at radius 1 is 1.19 bits per heavy atom. The van der Waals surface area contributed by atoms with Crippen molar-refractivity contribution in [3.8, 4) is 5.75 Å². The van der Waals surface area contributed by atoms with E-state index < -0.39 is 12.1 Å². The van der Waals surface area contributed by atoms with Gasteiger partial charge in [-0.1, -0.05) is 11.6 Å². The molecule has 1 aromatic rings. The highest BCUT2D eigenvalue weighted by atomic mass is 35.5. The Kier molecular flexibility index (Phi) is 3.54. The van der Waals surface area contributed by atoms with E-state index in [1.54, 1.807) is 0 Å². The third-order valence-electron chi connectivity index (χ3n) is 1.61. The predicted octanol–water partition coefficient (Wildman–Crippen LogP) is 2.86. The molecule has 3 nitrogen and oxygen atoms in total. The summed E-state index contributed by atoms with van der Waals surface area (Å²) in [6.45, 7) is 0. The molecule has 0 heterocycles. The van der Waals surface area contributed by atoms with Crippen molar-refractivity contribution in [2.75, 3.05) is 0 Å². The summed E-state index contributed by atoms with van der Waals surface area (Å²) in [5.41, 5.74) is -0.437. The molecule has 0 aliphatic heterocycles. The molecule has 0 fully saturated rings. The lowest BCUT2D eigenvalue weighted by atomic mass is 10.1. The predicted molar refractivity (Wildman–Crippen MR) is 48.9 cm³/mol. The molecule has 0 saturated carbocycles. The summed E-state index contributed by atoms with van der Waals surface area (Å²) in [6.07, 6.45) is -4.38. The molecule has 1 rings (SSSR count). The first-order valence-corrected chi connectivity index (χ1v) is 4.25. The first kappa shape index (κ1) is 12.5. The zero-order valence-corrected chi connectivity index (χ0v) is 8.30. The lowest BCUT2D eigenvalue weighted by Crippen LogP contribution is -2.17. The zero-order valence-electron chi connectivity index (χ0n) is 7.55. The molecule has 0 aliphatic rings. The van der Waals surface area contributed by atoms with E-state index >= 15 is 0 Å². The maximum absolute atomic E-state index is 11.9. The van der Waals surface area contributed by atoms with Crippen LogP contribution in [0.15, 0.2) is 12.1 Å². The molecule has 0 saturated heterocycles. The summed E-state index contributed by atoms with van der Waals surface area (Å²) in [6, 6.07) is 1.60. The minimum atomic E-state index is -4.88. The molecule has 0 atom stereocenters. The van der Waals surface area contributed by atoms with E-state index in [-0.39, 0.29) is 28.7 Å². The number of hydrogen-bond donors (Lipinski definition) is 0. The smallest absolute Gasteiger partial charge is 0.406 e. The van der Waals surface area contributed by atoms with Crippen LogP contribution >= 0.6 is 11.6 Å². The van der Waals surface area contributed by atoms with Crippen LogP contribution in [0, 0.1) is 0 Å². The molecule has 0 amide bonds. The van der Waals surface area contributed by atoms with E-state index in [0.29, 0.717) is 0 Å². The van der Waals surface area contributed by atoms with Gasteiger partial charge in [-0.15, -0.1) is 13.2 Å². The van der Waals surface area contributed by atoms with Gasteiger partial charge in [-0.25, -0.2) is 0 Å². The van der Waals surface area contributed by atoms with Gasteiger partial charge in [0.1, 0.15) is 5.75 Å². The van der Waals surface area contributed by atoms with Crippen LogP contribution in [0.25, 0.3) is 0 Å². The van der Waals surface area contributed by atoms with E-state index in [2.05, 4.69) is 4.74 Å². The number of carbonyl (C=O) groups excluding carboxylic acids is 2. The summed E-state index contributed by atoms with van der Waals surface area (Å²) >= 11 is 5.50. The lowest BCUT2D eigenvalue weighted by Gasteiger charge is -2.10. The van der Waals surface area contributed by atoms with Gasteiger partial charge in [0.15, 0.2) is 12.6 Å². The molecule has 0 aliphatic carbocycles. The molecule has 0 bridgehead atoms. The quantitative estimate of drug-likeness (QED) is 0.777. The van der Waals surface area contributed by atoms with Crippen molar-refractivity contribution in [2.45, 2.75) is 6.36 Å². The van der Waals surface area contributed by atoms with Gasteiger partial charge < -0.3 is 4.74 Å². The molecular weight excluding hydrogens is 249 g/mol. The molecule has 0 unspecified atom stereocenters. The van der Waals surface area contributed by atoms with Gasteiger partial charge in [0.05, 0.1) is 5.02 Å². The van der Waals surface area contributed by atoms with E-state index in [0.717, 1.165) is 12.1 Å². The van der Waals surface area contributed by atoms with Gasteiger partial charge >= 0.3 is 6.36 Å². The number of alkyl halides is 3. The van der Waals surface area contributed by atoms with Crippen molar-refractivity contribution in [1.29, 1.82) is 0 Å². The Balaban J connectivity index is 3.20. The van der Waals surface area contributed by atoms with E-state index in [1.165, 1.54) is 0 Å². The van der Waals surface area contributed by atoms with Crippen LogP contribution in [0.1, 0.15) is 20.7 Å². The van der Waals surface area contributed by atoms with Gasteiger partial charge in [0, 0.05) is 11.1 Å². The first-order valence-electron chi connectivity index (χ1n) is 3.87. The van der Waals surface area contributed by atoms with Crippen LogP contribution in [-0.2, 0) is 0 Å². The van der Waals surface area contributed by atoms with Crippen molar-refractivity contribution in [3.05, 3.63) is 28.3 Å². The highest BCUT2D eigenvalue weighted by Crippen LogP contribution is 2.29. The third kappa shape index (κ3) is 2.96. The molecule has 1 aromatic carbocycles. The van der Waals surface area contributed by atoms with Gasteiger partial charge in [-0.2, -0.15) is 0 Å². The molecular formula is C9H4ClF3O3. The Morgan fingerprint density at radius 2 is 1.81 bits per heavy atom. The van der Waals surface area contributed by atoms with Crippen LogP contribution in [0.2, 0.25) is 5.02 Å². The lowest BCUT2D eigenvalue weighted by molar-refractivity contribution is -0.274. The maximum Gasteiger partial charge on any atom is 0.573 e. The fraction of sp³-hybridized carbons (Fsp3) is 0.111. The summed E-state index contributed by atoms with van der Waals surface area (Å²) in [7, 11) is 0. The number of hydrogen-bond acceptors (Lipinski definition) is 3. The first-order chi connectivity index (χ1) is 7.37. The number of aldehydes is 2. The molecule has 0 radical (unpaired) electrons. The topological polar surface area (TPSA) is 43.4 Å². The van der Waals surface area contributed by atoms with Crippen LogP contribution in [-0.4, -0.2) is 18.9 Å². The largest absolute Gasteiger partial charge is 0.573 e. The average Bonchev–Trinajstić information content (AvgIpc) is 2.14. The summed E-state index contributed by atoms with van der Waals surface area (Å²) in [5.74, 6) is -0.648. The molecule has 0 N–H and O–H groups in total. The highest BCUT2D eigenvalue weighted by Gasteiger charge is 2.31. The van der Waals surface area contributed by atoms with Crippen molar-refractivity contribution in [1.82, 2.24) is 0 Å². The van der Waals surface area contributed by atoms with Gasteiger partial charge in [-0.3, -0.25) is 9.59 Å². The van der Waals surface area contributed by atoms with Gasteiger partial charge in [0.25, 0.3) is 0 Å². The van der Waals surface area contributed by atoms with Crippen LogP contribution in [0.4, 0.5) is 13.2 Å². The summed E-state index contributed by atoms with van der Waals surface area (Å²) in [5, 5.41) is -0.279. The molecule has 7 heteroatoms. The number of rotatable bonds is 3. The maximum atomic E-state index is 11.9. The van der Waals surface area contributed by atoms with Crippen molar-refractivity contribution in [2.24, 2.45) is 0 Å². The van der Waals surface area contributed by atoms with Crippen molar-refractivity contribution >= 4 is 24.2 Å². The van der Waals surface area contributed by atoms with Gasteiger partial charge in [-0.05, 0) is 12.1 Å². The SMILES string of the molecule is O=Cc1cc(OC(F)(F)F)cc(Cl)c1C=O. The Bertz CT molecular complexity index is 429. The standard InChI is InChI=1S/C9H4ClF3O3/c10-8-2-6(16-9(11,12)13)1-5(3-14)7(8)4-15/h1-4H. The minimum absolute atomic E-state index is 0.175. The average molecular weight is 253 g/mol. The van der Waals surface area contributed by atoms with E-state index in [9.17, 15) is 22.8 Å². The third-order valence-corrected chi connectivity index (χ3v) is 1.93. The van der Waals surface area contributed by atoms with E-state index in [4.69, 9.17) is 11.6 Å². The number of benzene rings is 1. The summed E-state index contributed by atoms with van der Waals surface area (Å²) < 4.78 is 39.2. The molecule has 0 spiro atoms. The number of ether oxygens (including phenoxy) is 1. The van der Waals surface area contributed by atoms with Crippen molar-refractivity contribution < 1.29 is 27.5 Å². The minimum Gasteiger partial charge on any atom is -0.406 e. The fourth-order valence-electron chi connectivity index (χ4n) is 1.03. The van der Waals surface area contributed by atoms with Crippen LogP contribution < -0.4 is 4.74 Å². The zero-order chi connectivity index (χ0) is 12.3. The second kappa shape index (κ2) is 4.52. The molecule has 86 valence electrons. The normalized spacial score (nSPS) is 11.0. The molecule has 16 heavy (non-hydrogen) atoms. The monoisotopic (exact) mass is 252 g/mol. The Hall–Kier alpha value is -1.56. The highest BCUT2D eigenvalue weighted by molar-refractivity contribution is 6.33. The second-order valence-electron chi connectivity index (χ2n) is 2.69.